The highest BCUT2D eigenvalue weighted by atomic mass is 16.1. The fourth-order valence-electron chi connectivity index (χ4n) is 0.985. The Morgan fingerprint density at radius 2 is 1.83 bits per heavy atom. The number of carbonyl (C=O) groups excluding carboxylic acids is 1. The topological polar surface area (TPSA) is 17.1 Å². The molecule has 12 heavy (non-hydrogen) atoms. The van der Waals surface area contributed by atoms with Gasteiger partial charge in [0.15, 0.2) is 0 Å². The van der Waals surface area contributed by atoms with Gasteiger partial charge in [-0.1, -0.05) is 32.4 Å². The third-order valence-corrected chi connectivity index (χ3v) is 2.14. The van der Waals surface area contributed by atoms with Crippen LogP contribution in [0.15, 0.2) is 12.2 Å². The number of allylic oxidation sites excluding steroid dienone is 2. The summed E-state index contributed by atoms with van der Waals surface area (Å²) in [5.74, 6) is 0.834. The lowest BCUT2D eigenvalue weighted by Crippen LogP contribution is -1.89. The van der Waals surface area contributed by atoms with Gasteiger partial charge in [-0.05, 0) is 25.2 Å². The molecule has 0 aliphatic carbocycles. The molecule has 1 nitrogen and oxygen atoms in total. The van der Waals surface area contributed by atoms with Crippen molar-refractivity contribution in [2.45, 2.75) is 46.0 Å². The SMILES string of the molecule is CCC(C)CCC=CCCC=O. The Bertz CT molecular complexity index is 127. The molecule has 0 saturated heterocycles. The predicted molar refractivity (Wildman–Crippen MR) is 53.1 cm³/mol. The van der Waals surface area contributed by atoms with Gasteiger partial charge in [-0.15, -0.1) is 0 Å². The van der Waals surface area contributed by atoms with Crippen molar-refractivity contribution in [3.63, 3.8) is 0 Å². The van der Waals surface area contributed by atoms with E-state index in [0.29, 0.717) is 6.42 Å². The van der Waals surface area contributed by atoms with E-state index in [2.05, 4.69) is 26.0 Å². The highest BCUT2D eigenvalue weighted by Gasteiger charge is 1.94. The van der Waals surface area contributed by atoms with Crippen molar-refractivity contribution >= 4 is 6.29 Å². The zero-order chi connectivity index (χ0) is 9.23. The first-order chi connectivity index (χ1) is 5.81. The van der Waals surface area contributed by atoms with Crippen molar-refractivity contribution in [1.82, 2.24) is 0 Å². The average molecular weight is 168 g/mol. The Balaban J connectivity index is 3.17. The number of unbranched alkanes of at least 4 members (excludes halogenated alkanes) is 1. The summed E-state index contributed by atoms with van der Waals surface area (Å²) in [6, 6.07) is 0. The summed E-state index contributed by atoms with van der Waals surface area (Å²) in [5, 5.41) is 0. The second-order valence-corrected chi connectivity index (χ2v) is 3.31. The molecule has 0 radical (unpaired) electrons. The molecule has 0 aromatic carbocycles. The molecule has 0 spiro atoms. The van der Waals surface area contributed by atoms with Gasteiger partial charge in [0.25, 0.3) is 0 Å². The van der Waals surface area contributed by atoms with Gasteiger partial charge in [0.2, 0.25) is 0 Å². The van der Waals surface area contributed by atoms with Crippen molar-refractivity contribution in [3.05, 3.63) is 12.2 Å². The van der Waals surface area contributed by atoms with E-state index in [1.54, 1.807) is 0 Å². The van der Waals surface area contributed by atoms with Crippen molar-refractivity contribution in [2.75, 3.05) is 0 Å². The maximum atomic E-state index is 9.96. The molecule has 1 atom stereocenters. The third-order valence-electron chi connectivity index (χ3n) is 2.14. The molecule has 0 saturated carbocycles. The summed E-state index contributed by atoms with van der Waals surface area (Å²) in [4.78, 5) is 9.96. The average Bonchev–Trinajstić information content (AvgIpc) is 2.10. The zero-order valence-electron chi connectivity index (χ0n) is 8.25. The van der Waals surface area contributed by atoms with Crippen molar-refractivity contribution in [3.8, 4) is 0 Å². The minimum Gasteiger partial charge on any atom is -0.303 e. The minimum absolute atomic E-state index is 0.666. The zero-order valence-corrected chi connectivity index (χ0v) is 8.25. The van der Waals surface area contributed by atoms with Gasteiger partial charge in [-0.25, -0.2) is 0 Å². The Hall–Kier alpha value is -0.590. The highest BCUT2D eigenvalue weighted by molar-refractivity contribution is 5.49. The Labute approximate surface area is 75.9 Å². The summed E-state index contributed by atoms with van der Waals surface area (Å²) in [6.45, 7) is 4.50. The van der Waals surface area contributed by atoms with Crippen LogP contribution in [-0.2, 0) is 4.79 Å². The molecule has 1 unspecified atom stereocenters. The molecule has 1 heteroatoms. The van der Waals surface area contributed by atoms with Crippen LogP contribution in [0.25, 0.3) is 0 Å². The van der Waals surface area contributed by atoms with Gasteiger partial charge >= 0.3 is 0 Å². The van der Waals surface area contributed by atoms with E-state index in [-0.39, 0.29) is 0 Å². The molecule has 0 N–H and O–H groups in total. The number of hydrogen-bond donors (Lipinski definition) is 0. The quantitative estimate of drug-likeness (QED) is 0.324. The molecule has 0 heterocycles. The molecule has 0 amide bonds. The monoisotopic (exact) mass is 168 g/mol. The minimum atomic E-state index is 0.666. The van der Waals surface area contributed by atoms with Crippen LogP contribution < -0.4 is 0 Å². The van der Waals surface area contributed by atoms with Gasteiger partial charge in [0.1, 0.15) is 6.29 Å². The molecular formula is C11H20O. The first-order valence-electron chi connectivity index (χ1n) is 4.89. The van der Waals surface area contributed by atoms with Crippen molar-refractivity contribution < 1.29 is 4.79 Å². The normalized spacial score (nSPS) is 13.5. The molecule has 0 bridgehead atoms. The Kier molecular flexibility index (Phi) is 8.09. The first-order valence-corrected chi connectivity index (χ1v) is 4.89. The van der Waals surface area contributed by atoms with Crippen LogP contribution in [0.4, 0.5) is 0 Å². The Morgan fingerprint density at radius 1 is 1.17 bits per heavy atom. The van der Waals surface area contributed by atoms with Crippen LogP contribution in [0.2, 0.25) is 0 Å². The second kappa shape index (κ2) is 8.51. The lowest BCUT2D eigenvalue weighted by Gasteiger charge is -2.03. The van der Waals surface area contributed by atoms with Gasteiger partial charge in [0, 0.05) is 6.42 Å². The highest BCUT2D eigenvalue weighted by Crippen LogP contribution is 2.09. The summed E-state index contributed by atoms with van der Waals surface area (Å²) in [7, 11) is 0. The molecule has 0 aromatic rings. The summed E-state index contributed by atoms with van der Waals surface area (Å²) in [6.07, 6.45) is 10.5. The molecule has 0 aliphatic rings. The maximum Gasteiger partial charge on any atom is 0.120 e. The van der Waals surface area contributed by atoms with Crippen LogP contribution in [0.3, 0.4) is 0 Å². The molecular weight excluding hydrogens is 148 g/mol. The summed E-state index contributed by atoms with van der Waals surface area (Å²) in [5.41, 5.74) is 0. The van der Waals surface area contributed by atoms with Gasteiger partial charge in [-0.2, -0.15) is 0 Å². The largest absolute Gasteiger partial charge is 0.303 e. The van der Waals surface area contributed by atoms with E-state index in [1.165, 1.54) is 12.8 Å². The number of carbonyl (C=O) groups is 1. The van der Waals surface area contributed by atoms with Crippen LogP contribution in [-0.4, -0.2) is 6.29 Å². The van der Waals surface area contributed by atoms with E-state index >= 15 is 0 Å². The van der Waals surface area contributed by atoms with Crippen molar-refractivity contribution in [2.24, 2.45) is 5.92 Å². The molecule has 70 valence electrons. The second-order valence-electron chi connectivity index (χ2n) is 3.31. The number of hydrogen-bond acceptors (Lipinski definition) is 1. The van der Waals surface area contributed by atoms with Crippen LogP contribution >= 0.6 is 0 Å². The van der Waals surface area contributed by atoms with E-state index in [0.717, 1.165) is 25.0 Å². The number of aldehydes is 1. The lowest BCUT2D eigenvalue weighted by atomic mass is 10.0. The van der Waals surface area contributed by atoms with Gasteiger partial charge in [0.05, 0.1) is 0 Å². The first kappa shape index (κ1) is 11.4. The van der Waals surface area contributed by atoms with Gasteiger partial charge < -0.3 is 4.79 Å². The smallest absolute Gasteiger partial charge is 0.120 e. The van der Waals surface area contributed by atoms with Crippen LogP contribution in [0.1, 0.15) is 46.0 Å². The maximum absolute atomic E-state index is 9.96. The summed E-state index contributed by atoms with van der Waals surface area (Å²) < 4.78 is 0. The molecule has 0 aromatic heterocycles. The molecule has 0 rings (SSSR count). The van der Waals surface area contributed by atoms with E-state index in [4.69, 9.17) is 0 Å². The van der Waals surface area contributed by atoms with E-state index in [9.17, 15) is 4.79 Å². The van der Waals surface area contributed by atoms with Crippen LogP contribution in [0, 0.1) is 5.92 Å². The Morgan fingerprint density at radius 3 is 2.42 bits per heavy atom. The summed E-state index contributed by atoms with van der Waals surface area (Å²) >= 11 is 0. The molecule has 0 aliphatic heterocycles. The standard InChI is InChI=1S/C11H20O/c1-3-11(2)9-7-5-4-6-8-10-12/h4-5,10-11H,3,6-9H2,1-2H3. The van der Waals surface area contributed by atoms with Gasteiger partial charge in [-0.3, -0.25) is 0 Å². The predicted octanol–water partition coefficient (Wildman–Crippen LogP) is 3.35. The number of rotatable bonds is 7. The van der Waals surface area contributed by atoms with E-state index in [1.807, 2.05) is 0 Å². The van der Waals surface area contributed by atoms with E-state index < -0.39 is 0 Å². The molecule has 0 fully saturated rings. The fourth-order valence-corrected chi connectivity index (χ4v) is 0.985. The third kappa shape index (κ3) is 7.52. The van der Waals surface area contributed by atoms with Crippen molar-refractivity contribution in [1.29, 1.82) is 0 Å². The lowest BCUT2D eigenvalue weighted by molar-refractivity contribution is -0.107. The fraction of sp³-hybridized carbons (Fsp3) is 0.727. The van der Waals surface area contributed by atoms with Crippen LogP contribution in [0.5, 0.6) is 0 Å².